The molecule has 4 heteroatoms. The molecule has 1 fully saturated rings. The van der Waals surface area contributed by atoms with Crippen LogP contribution < -0.4 is 11.1 Å². The van der Waals surface area contributed by atoms with Gasteiger partial charge in [-0.15, -0.1) is 0 Å². The van der Waals surface area contributed by atoms with Gasteiger partial charge < -0.3 is 11.1 Å². The molecule has 2 atom stereocenters. The van der Waals surface area contributed by atoms with Gasteiger partial charge in [-0.25, -0.2) is 0 Å². The van der Waals surface area contributed by atoms with Crippen LogP contribution >= 0.6 is 0 Å². The van der Waals surface area contributed by atoms with Gasteiger partial charge in [0.1, 0.15) is 0 Å². The van der Waals surface area contributed by atoms with Crippen LogP contribution in [0.25, 0.3) is 0 Å². The molecule has 2 unspecified atom stereocenters. The van der Waals surface area contributed by atoms with Crippen molar-refractivity contribution in [1.82, 2.24) is 10.2 Å². The van der Waals surface area contributed by atoms with E-state index in [1.807, 2.05) is 6.92 Å². The predicted molar refractivity (Wildman–Crippen MR) is 61.5 cm³/mol. The Hall–Kier alpha value is -0.610. The van der Waals surface area contributed by atoms with E-state index < -0.39 is 0 Å². The van der Waals surface area contributed by atoms with Crippen LogP contribution in [0.4, 0.5) is 0 Å². The highest BCUT2D eigenvalue weighted by Crippen LogP contribution is 2.21. The predicted octanol–water partition coefficient (Wildman–Crippen LogP) is 0.324. The second-order valence-electron chi connectivity index (χ2n) is 4.30. The Balaban J connectivity index is 2.50. The molecular weight excluding hydrogens is 190 g/mol. The van der Waals surface area contributed by atoms with Crippen molar-refractivity contribution in [2.75, 3.05) is 19.6 Å². The number of hydrogen-bond donors (Lipinski definition) is 2. The zero-order chi connectivity index (χ0) is 11.3. The highest BCUT2D eigenvalue weighted by Gasteiger charge is 2.27. The average molecular weight is 213 g/mol. The summed E-state index contributed by atoms with van der Waals surface area (Å²) in [5.41, 5.74) is 5.73. The van der Waals surface area contributed by atoms with E-state index in [2.05, 4.69) is 17.1 Å². The number of nitrogens with one attached hydrogen (secondary N) is 1. The number of amides is 1. The maximum atomic E-state index is 11.5. The summed E-state index contributed by atoms with van der Waals surface area (Å²) < 4.78 is 0. The fraction of sp³-hybridized carbons (Fsp3) is 0.909. The van der Waals surface area contributed by atoms with E-state index in [1.54, 1.807) is 0 Å². The first-order valence-electron chi connectivity index (χ1n) is 5.91. The lowest BCUT2D eigenvalue weighted by atomic mass is 9.96. The summed E-state index contributed by atoms with van der Waals surface area (Å²) in [5, 5.41) is 2.84. The Labute approximate surface area is 92.2 Å². The quantitative estimate of drug-likeness (QED) is 0.707. The molecule has 0 spiro atoms. The zero-order valence-corrected chi connectivity index (χ0v) is 9.83. The third kappa shape index (κ3) is 3.47. The first-order valence-corrected chi connectivity index (χ1v) is 5.91. The summed E-state index contributed by atoms with van der Waals surface area (Å²) in [7, 11) is 0. The van der Waals surface area contributed by atoms with Crippen LogP contribution in [0.2, 0.25) is 0 Å². The summed E-state index contributed by atoms with van der Waals surface area (Å²) in [6.07, 6.45) is 3.53. The number of nitrogens with zero attached hydrogens (tertiary/aromatic N) is 1. The summed E-state index contributed by atoms with van der Waals surface area (Å²) in [4.78, 5) is 13.8. The van der Waals surface area contributed by atoms with Gasteiger partial charge in [-0.1, -0.05) is 6.42 Å². The maximum absolute atomic E-state index is 11.5. The Morgan fingerprint density at radius 1 is 1.53 bits per heavy atom. The summed E-state index contributed by atoms with van der Waals surface area (Å²) in [6, 6.07) is 0.867. The van der Waals surface area contributed by atoms with Crippen molar-refractivity contribution in [2.45, 2.75) is 45.2 Å². The van der Waals surface area contributed by atoms with Crippen molar-refractivity contribution in [3.63, 3.8) is 0 Å². The minimum atomic E-state index is 0.115. The van der Waals surface area contributed by atoms with E-state index in [0.29, 0.717) is 31.7 Å². The minimum absolute atomic E-state index is 0.115. The van der Waals surface area contributed by atoms with Crippen molar-refractivity contribution >= 4 is 5.91 Å². The number of likely N-dealkylation sites (tertiary alicyclic amines) is 1. The second-order valence-corrected chi connectivity index (χ2v) is 4.30. The van der Waals surface area contributed by atoms with Crippen molar-refractivity contribution < 1.29 is 4.79 Å². The van der Waals surface area contributed by atoms with Crippen LogP contribution in [0, 0.1) is 0 Å². The fourth-order valence-electron chi connectivity index (χ4n) is 2.30. The van der Waals surface area contributed by atoms with Gasteiger partial charge in [-0.2, -0.15) is 0 Å². The lowest BCUT2D eigenvalue weighted by Gasteiger charge is -2.39. The fourth-order valence-corrected chi connectivity index (χ4v) is 2.30. The number of carbonyl (C=O) groups excluding carboxylic acids is 1. The van der Waals surface area contributed by atoms with E-state index in [-0.39, 0.29) is 5.91 Å². The van der Waals surface area contributed by atoms with Gasteiger partial charge in [-0.05, 0) is 26.7 Å². The van der Waals surface area contributed by atoms with E-state index in [0.717, 1.165) is 6.42 Å². The van der Waals surface area contributed by atoms with Gasteiger partial charge in [0.05, 0.1) is 6.54 Å². The first-order chi connectivity index (χ1) is 7.19. The molecule has 15 heavy (non-hydrogen) atoms. The largest absolute Gasteiger partial charge is 0.355 e. The number of hydrogen-bond acceptors (Lipinski definition) is 3. The molecule has 0 aromatic carbocycles. The standard InChI is InChI=1S/C11H23N3O/c1-3-13-11(15)8-14-9(2)5-4-6-10(14)7-12/h9-10H,3-8,12H2,1-2H3,(H,13,15). The summed E-state index contributed by atoms with van der Waals surface area (Å²) in [6.45, 7) is 5.98. The highest BCUT2D eigenvalue weighted by atomic mass is 16.2. The normalized spacial score (nSPS) is 27.7. The molecule has 1 rings (SSSR count). The molecule has 0 bridgehead atoms. The monoisotopic (exact) mass is 213 g/mol. The number of rotatable bonds is 4. The molecule has 0 radical (unpaired) electrons. The molecule has 3 N–H and O–H groups in total. The number of piperidine rings is 1. The molecule has 1 amide bonds. The topological polar surface area (TPSA) is 58.4 Å². The molecule has 0 aromatic heterocycles. The van der Waals surface area contributed by atoms with Crippen LogP contribution in [0.1, 0.15) is 33.1 Å². The van der Waals surface area contributed by atoms with E-state index in [4.69, 9.17) is 5.73 Å². The molecule has 0 saturated carbocycles. The van der Waals surface area contributed by atoms with Crippen molar-refractivity contribution in [1.29, 1.82) is 0 Å². The second kappa shape index (κ2) is 6.08. The lowest BCUT2D eigenvalue weighted by molar-refractivity contribution is -0.123. The highest BCUT2D eigenvalue weighted by molar-refractivity contribution is 5.78. The van der Waals surface area contributed by atoms with Crippen LogP contribution in [0.3, 0.4) is 0 Å². The Bertz CT molecular complexity index is 208. The maximum Gasteiger partial charge on any atom is 0.234 e. The molecule has 1 heterocycles. The van der Waals surface area contributed by atoms with Crippen molar-refractivity contribution in [2.24, 2.45) is 5.73 Å². The molecule has 4 nitrogen and oxygen atoms in total. The van der Waals surface area contributed by atoms with Gasteiger partial charge in [0, 0.05) is 25.2 Å². The lowest BCUT2D eigenvalue weighted by Crippen LogP contribution is -2.52. The molecule has 1 aliphatic rings. The van der Waals surface area contributed by atoms with Gasteiger partial charge in [0.15, 0.2) is 0 Å². The zero-order valence-electron chi connectivity index (χ0n) is 9.83. The SMILES string of the molecule is CCNC(=O)CN1C(C)CCCC1CN. The van der Waals surface area contributed by atoms with Gasteiger partial charge in [0.2, 0.25) is 5.91 Å². The molecular formula is C11H23N3O. The molecule has 0 aliphatic carbocycles. The number of carbonyl (C=O) groups is 1. The molecule has 1 aliphatic heterocycles. The Kier molecular flexibility index (Phi) is 5.05. The van der Waals surface area contributed by atoms with E-state index in [9.17, 15) is 4.79 Å². The molecule has 88 valence electrons. The van der Waals surface area contributed by atoms with Gasteiger partial charge in [0.25, 0.3) is 0 Å². The van der Waals surface area contributed by atoms with Crippen LogP contribution in [-0.2, 0) is 4.79 Å². The summed E-state index contributed by atoms with van der Waals surface area (Å²) >= 11 is 0. The van der Waals surface area contributed by atoms with Crippen molar-refractivity contribution in [3.8, 4) is 0 Å². The van der Waals surface area contributed by atoms with Gasteiger partial charge >= 0.3 is 0 Å². The van der Waals surface area contributed by atoms with Crippen molar-refractivity contribution in [3.05, 3.63) is 0 Å². The molecule has 1 saturated heterocycles. The third-order valence-electron chi connectivity index (χ3n) is 3.17. The minimum Gasteiger partial charge on any atom is -0.355 e. The average Bonchev–Trinajstić information content (AvgIpc) is 2.21. The Morgan fingerprint density at radius 3 is 2.87 bits per heavy atom. The first kappa shape index (κ1) is 12.5. The van der Waals surface area contributed by atoms with E-state index in [1.165, 1.54) is 12.8 Å². The number of likely N-dealkylation sites (N-methyl/N-ethyl adjacent to an activating group) is 1. The van der Waals surface area contributed by atoms with Gasteiger partial charge in [-0.3, -0.25) is 9.69 Å². The van der Waals surface area contributed by atoms with Crippen LogP contribution in [0.5, 0.6) is 0 Å². The third-order valence-corrected chi connectivity index (χ3v) is 3.17. The smallest absolute Gasteiger partial charge is 0.234 e. The molecule has 0 aromatic rings. The van der Waals surface area contributed by atoms with E-state index >= 15 is 0 Å². The summed E-state index contributed by atoms with van der Waals surface area (Å²) in [5.74, 6) is 0.115. The van der Waals surface area contributed by atoms with Crippen LogP contribution in [-0.4, -0.2) is 42.5 Å². The number of nitrogens with two attached hydrogens (primary N) is 1. The Morgan fingerprint density at radius 2 is 2.27 bits per heavy atom. The van der Waals surface area contributed by atoms with Crippen LogP contribution in [0.15, 0.2) is 0 Å².